The lowest BCUT2D eigenvalue weighted by Gasteiger charge is -2.10. The minimum atomic E-state index is -3.55. The summed E-state index contributed by atoms with van der Waals surface area (Å²) in [6.07, 6.45) is 11.5. The van der Waals surface area contributed by atoms with Crippen LogP contribution in [0.1, 0.15) is 20.8 Å². The largest absolute Gasteiger partial charge is 0.506 e. The van der Waals surface area contributed by atoms with E-state index in [1.807, 2.05) is 6.92 Å². The fourth-order valence-corrected chi connectivity index (χ4v) is 6.16. The zero-order valence-electron chi connectivity index (χ0n) is 27.0. The number of hydrogen-bond donors (Lipinski definition) is 1. The minimum Gasteiger partial charge on any atom is -0.506 e. The van der Waals surface area contributed by atoms with E-state index in [1.54, 1.807) is 56.0 Å². The maximum absolute atomic E-state index is 12.4. The first-order valence-corrected chi connectivity index (χ1v) is 18.4. The highest BCUT2D eigenvalue weighted by Crippen LogP contribution is 2.28. The van der Waals surface area contributed by atoms with E-state index in [0.717, 1.165) is 0 Å². The zero-order valence-corrected chi connectivity index (χ0v) is 28.6. The molecule has 6 aromatic rings. The molecule has 6 heterocycles. The Kier molecular flexibility index (Phi) is 11.0. The van der Waals surface area contributed by atoms with Crippen molar-refractivity contribution in [1.82, 2.24) is 49.8 Å². The summed E-state index contributed by atoms with van der Waals surface area (Å²) in [5, 5.41) is 9.38. The molecule has 0 saturated heterocycles. The van der Waals surface area contributed by atoms with Crippen LogP contribution in [0.3, 0.4) is 0 Å². The summed E-state index contributed by atoms with van der Waals surface area (Å²) in [7, 11) is -7.09. The molecule has 50 heavy (non-hydrogen) atoms. The van der Waals surface area contributed by atoms with Crippen LogP contribution >= 0.6 is 0 Å². The van der Waals surface area contributed by atoms with Gasteiger partial charge in [-0.3, -0.25) is 9.97 Å². The van der Waals surface area contributed by atoms with Crippen molar-refractivity contribution in [3.8, 4) is 57.6 Å². The number of pyridine rings is 2. The predicted octanol–water partition coefficient (Wildman–Crippen LogP) is 3.68. The first-order chi connectivity index (χ1) is 24.1. The maximum atomic E-state index is 12.4. The number of nitrogens with zero attached hydrogens (tertiary/aromatic N) is 10. The van der Waals surface area contributed by atoms with E-state index in [0.29, 0.717) is 29.6 Å². The summed E-state index contributed by atoms with van der Waals surface area (Å²) in [5.74, 6) is 1.40. The lowest BCUT2D eigenvalue weighted by molar-refractivity contribution is 0.339. The summed E-state index contributed by atoms with van der Waals surface area (Å²) in [4.78, 5) is 41.6. The molecule has 16 nitrogen and oxygen atoms in total. The van der Waals surface area contributed by atoms with E-state index in [2.05, 4.69) is 49.8 Å². The lowest BCUT2D eigenvalue weighted by atomic mass is 10.2. The van der Waals surface area contributed by atoms with Crippen LogP contribution in [0.4, 0.5) is 0 Å². The Balaban J connectivity index is 0.000000195. The average molecular weight is 715 g/mol. The number of hydrogen-bond acceptors (Lipinski definition) is 16. The topological polar surface area (TPSA) is 227 Å². The Morgan fingerprint density at radius 2 is 1.02 bits per heavy atom. The van der Waals surface area contributed by atoms with Gasteiger partial charge in [-0.2, -0.15) is 0 Å². The van der Waals surface area contributed by atoms with Gasteiger partial charge in [-0.25, -0.2) is 56.7 Å². The van der Waals surface area contributed by atoms with Crippen molar-refractivity contribution < 1.29 is 26.7 Å². The van der Waals surface area contributed by atoms with Crippen LogP contribution in [-0.2, 0) is 19.7 Å². The van der Waals surface area contributed by atoms with Gasteiger partial charge in [0.15, 0.2) is 43.0 Å². The summed E-state index contributed by atoms with van der Waals surface area (Å²) in [5.41, 5.74) is 1.07. The average Bonchev–Trinajstić information content (AvgIpc) is 3.16. The number of aromatic hydroxyl groups is 1. The van der Waals surface area contributed by atoms with Crippen LogP contribution < -0.4 is 4.74 Å². The van der Waals surface area contributed by atoms with Crippen molar-refractivity contribution in [2.75, 3.05) is 18.1 Å². The van der Waals surface area contributed by atoms with Gasteiger partial charge in [-0.1, -0.05) is 13.8 Å². The van der Waals surface area contributed by atoms with Crippen LogP contribution in [0.25, 0.3) is 46.1 Å². The van der Waals surface area contributed by atoms with Crippen molar-refractivity contribution in [3.63, 3.8) is 0 Å². The molecule has 0 aliphatic rings. The van der Waals surface area contributed by atoms with Gasteiger partial charge < -0.3 is 9.84 Å². The fourth-order valence-electron chi connectivity index (χ4n) is 4.22. The Hall–Kier alpha value is -5.88. The predicted molar refractivity (Wildman–Crippen MR) is 181 cm³/mol. The molecule has 6 aromatic heterocycles. The third-order valence-corrected chi connectivity index (χ3v) is 10.2. The second-order valence-corrected chi connectivity index (χ2v) is 14.5. The van der Waals surface area contributed by atoms with Gasteiger partial charge in [0, 0.05) is 24.8 Å². The molecule has 0 atom stereocenters. The third-order valence-electron chi connectivity index (χ3n) is 6.75. The number of rotatable bonds is 10. The Labute approximate surface area is 287 Å². The van der Waals surface area contributed by atoms with Gasteiger partial charge >= 0.3 is 0 Å². The van der Waals surface area contributed by atoms with E-state index in [1.165, 1.54) is 43.8 Å². The smallest absolute Gasteiger partial charge is 0.198 e. The lowest BCUT2D eigenvalue weighted by Crippen LogP contribution is -2.09. The molecule has 0 unspecified atom stereocenters. The van der Waals surface area contributed by atoms with Crippen LogP contribution in [0.5, 0.6) is 11.5 Å². The Morgan fingerprint density at radius 3 is 1.40 bits per heavy atom. The molecular formula is C32H30N10O6S2. The van der Waals surface area contributed by atoms with Crippen molar-refractivity contribution in [2.45, 2.75) is 30.6 Å². The molecular weight excluding hydrogens is 685 g/mol. The number of ether oxygens (including phenoxy) is 1. The van der Waals surface area contributed by atoms with Crippen molar-refractivity contribution in [2.24, 2.45) is 0 Å². The first kappa shape index (κ1) is 35.4. The molecule has 1 N–H and O–H groups in total. The molecule has 256 valence electrons. The highest BCUT2D eigenvalue weighted by Gasteiger charge is 2.24. The molecule has 0 spiro atoms. The summed E-state index contributed by atoms with van der Waals surface area (Å²) in [6.45, 7) is 5.49. The SMILES string of the molecule is CCOc1ccc(-c2nc(-c3ncccn3)ncc2S(=O)(=O)CC)nc1.CCS(=O)(=O)c1cnc(-c2ncccn2)nc1-c1ccc(O)cn1. The molecule has 0 aromatic carbocycles. The fraction of sp³-hybridized carbons (Fsp3) is 0.188. The van der Waals surface area contributed by atoms with Gasteiger partial charge in [0.05, 0.1) is 54.3 Å². The van der Waals surface area contributed by atoms with E-state index in [-0.39, 0.29) is 55.9 Å². The van der Waals surface area contributed by atoms with Crippen LogP contribution in [0.15, 0.2) is 95.8 Å². The molecule has 0 radical (unpaired) electrons. The second kappa shape index (κ2) is 15.6. The molecule has 0 fully saturated rings. The van der Waals surface area contributed by atoms with E-state index >= 15 is 0 Å². The van der Waals surface area contributed by atoms with Gasteiger partial charge in [0.2, 0.25) is 0 Å². The summed E-state index contributed by atoms with van der Waals surface area (Å²) >= 11 is 0. The quantitative estimate of drug-likeness (QED) is 0.213. The number of aromatic nitrogens is 10. The van der Waals surface area contributed by atoms with E-state index in [4.69, 9.17) is 4.74 Å². The van der Waals surface area contributed by atoms with Crippen LogP contribution in [0.2, 0.25) is 0 Å². The highest BCUT2D eigenvalue weighted by atomic mass is 32.2. The van der Waals surface area contributed by atoms with E-state index < -0.39 is 19.7 Å². The molecule has 0 aliphatic carbocycles. The third kappa shape index (κ3) is 8.21. The van der Waals surface area contributed by atoms with Gasteiger partial charge in [0.1, 0.15) is 32.7 Å². The maximum Gasteiger partial charge on any atom is 0.198 e. The monoisotopic (exact) mass is 714 g/mol. The van der Waals surface area contributed by atoms with Crippen molar-refractivity contribution in [3.05, 3.63) is 86.0 Å². The van der Waals surface area contributed by atoms with Gasteiger partial charge in [0.25, 0.3) is 0 Å². The van der Waals surface area contributed by atoms with Gasteiger partial charge in [-0.05, 0) is 43.3 Å². The molecule has 0 bridgehead atoms. The minimum absolute atomic E-state index is 0.0244. The van der Waals surface area contributed by atoms with Crippen molar-refractivity contribution in [1.29, 1.82) is 0 Å². The van der Waals surface area contributed by atoms with Crippen molar-refractivity contribution >= 4 is 19.7 Å². The molecule has 18 heteroatoms. The summed E-state index contributed by atoms with van der Waals surface area (Å²) < 4.78 is 54.9. The van der Waals surface area contributed by atoms with E-state index in [9.17, 15) is 21.9 Å². The number of sulfone groups is 2. The highest BCUT2D eigenvalue weighted by molar-refractivity contribution is 7.91. The zero-order chi connectivity index (χ0) is 35.7. The first-order valence-electron chi connectivity index (χ1n) is 15.0. The Morgan fingerprint density at radius 1 is 0.560 bits per heavy atom. The standard InChI is InChI=1S/C17H17N5O3S.C15H13N5O3S/c1-3-25-12-6-7-13(20-10-12)15-14(26(23,24)4-2)11-21-17(22-15)16-18-8-5-9-19-16;1-2-24(22,23)12-9-19-15(14-16-6-3-7-17-14)20-13(12)11-5-4-10(21)8-18-11/h5-11H,3-4H2,1-2H3;3-9,21H,2H2,1H3. The second-order valence-electron chi connectivity index (χ2n) is 9.98. The molecule has 0 amide bonds. The molecule has 0 saturated carbocycles. The molecule has 0 aliphatic heterocycles. The van der Waals surface area contributed by atoms with Gasteiger partial charge in [-0.15, -0.1) is 0 Å². The Bertz CT molecular complexity index is 2280. The summed E-state index contributed by atoms with van der Waals surface area (Å²) in [6, 6.07) is 9.61. The van der Waals surface area contributed by atoms with Crippen LogP contribution in [0, 0.1) is 0 Å². The molecule has 6 rings (SSSR count). The van der Waals surface area contributed by atoms with Crippen LogP contribution in [-0.4, -0.2) is 89.9 Å². The normalized spacial score (nSPS) is 11.3.